The summed E-state index contributed by atoms with van der Waals surface area (Å²) in [6.07, 6.45) is 8.52. The molecule has 0 amide bonds. The average molecular weight is 196 g/mol. The molecule has 0 aromatic rings. The van der Waals surface area contributed by atoms with E-state index in [-0.39, 0.29) is 0 Å². The van der Waals surface area contributed by atoms with Crippen molar-refractivity contribution in [3.63, 3.8) is 0 Å². The number of likely N-dealkylation sites (tertiary alicyclic amines) is 1. The molecule has 0 aliphatic carbocycles. The number of rotatable bonds is 1. The molecule has 0 radical (unpaired) electrons. The van der Waals surface area contributed by atoms with Gasteiger partial charge < -0.3 is 5.32 Å². The third-order valence-electron chi connectivity index (χ3n) is 3.83. The summed E-state index contributed by atoms with van der Waals surface area (Å²) in [5.74, 6) is 0. The van der Waals surface area contributed by atoms with Gasteiger partial charge in [-0.05, 0) is 52.2 Å². The summed E-state index contributed by atoms with van der Waals surface area (Å²) >= 11 is 0. The van der Waals surface area contributed by atoms with Gasteiger partial charge in [-0.2, -0.15) is 0 Å². The van der Waals surface area contributed by atoms with Crippen molar-refractivity contribution in [2.24, 2.45) is 0 Å². The first-order valence-corrected chi connectivity index (χ1v) is 6.35. The molecular weight excluding hydrogens is 172 g/mol. The van der Waals surface area contributed by atoms with Crippen LogP contribution in [-0.4, -0.2) is 36.6 Å². The Balaban J connectivity index is 1.90. The Morgan fingerprint density at radius 3 is 2.36 bits per heavy atom. The second-order valence-electron chi connectivity index (χ2n) is 4.90. The smallest absolute Gasteiger partial charge is 0.0247 e. The quantitative estimate of drug-likeness (QED) is 0.690. The summed E-state index contributed by atoms with van der Waals surface area (Å²) in [6, 6.07) is 1.53. The van der Waals surface area contributed by atoms with E-state index in [2.05, 4.69) is 17.1 Å². The molecule has 2 heterocycles. The van der Waals surface area contributed by atoms with E-state index in [1.54, 1.807) is 0 Å². The molecule has 14 heavy (non-hydrogen) atoms. The molecule has 2 rings (SSSR count). The number of hydrogen-bond donors (Lipinski definition) is 1. The molecule has 2 aliphatic rings. The van der Waals surface area contributed by atoms with Crippen LogP contribution in [0.2, 0.25) is 0 Å². The molecule has 0 saturated carbocycles. The van der Waals surface area contributed by atoms with Gasteiger partial charge in [0.25, 0.3) is 0 Å². The molecule has 2 fully saturated rings. The fourth-order valence-electron chi connectivity index (χ4n) is 2.95. The lowest BCUT2D eigenvalue weighted by molar-refractivity contribution is 0.138. The van der Waals surface area contributed by atoms with Crippen LogP contribution in [0.4, 0.5) is 0 Å². The molecule has 2 atom stereocenters. The monoisotopic (exact) mass is 196 g/mol. The first-order chi connectivity index (χ1) is 6.88. The van der Waals surface area contributed by atoms with Crippen molar-refractivity contribution in [2.45, 2.75) is 57.5 Å². The Morgan fingerprint density at radius 2 is 1.71 bits per heavy atom. The Bertz CT molecular complexity index is 162. The third-order valence-corrected chi connectivity index (χ3v) is 3.83. The van der Waals surface area contributed by atoms with Crippen molar-refractivity contribution in [2.75, 3.05) is 19.6 Å². The van der Waals surface area contributed by atoms with Crippen molar-refractivity contribution in [1.82, 2.24) is 10.2 Å². The predicted octanol–water partition coefficient (Wildman–Crippen LogP) is 2.00. The molecular formula is C12H24N2. The molecule has 2 heteroatoms. The summed E-state index contributed by atoms with van der Waals surface area (Å²) in [4.78, 5) is 2.74. The van der Waals surface area contributed by atoms with Gasteiger partial charge in [0.1, 0.15) is 0 Å². The van der Waals surface area contributed by atoms with Gasteiger partial charge in [0.2, 0.25) is 0 Å². The topological polar surface area (TPSA) is 15.3 Å². The van der Waals surface area contributed by atoms with Gasteiger partial charge in [0.15, 0.2) is 0 Å². The third kappa shape index (κ3) is 2.48. The second-order valence-corrected chi connectivity index (χ2v) is 4.90. The molecule has 82 valence electrons. The van der Waals surface area contributed by atoms with Crippen LogP contribution < -0.4 is 5.32 Å². The molecule has 2 nitrogen and oxygen atoms in total. The Morgan fingerprint density at radius 1 is 1.00 bits per heavy atom. The van der Waals surface area contributed by atoms with Crippen LogP contribution in [0, 0.1) is 0 Å². The number of nitrogens with one attached hydrogen (secondary N) is 1. The first kappa shape index (κ1) is 10.4. The predicted molar refractivity (Wildman–Crippen MR) is 60.5 cm³/mol. The molecule has 0 bridgehead atoms. The van der Waals surface area contributed by atoms with Gasteiger partial charge in [0, 0.05) is 12.1 Å². The van der Waals surface area contributed by atoms with Crippen LogP contribution in [0.25, 0.3) is 0 Å². The first-order valence-electron chi connectivity index (χ1n) is 6.35. The van der Waals surface area contributed by atoms with Crippen molar-refractivity contribution in [1.29, 1.82) is 0 Å². The number of piperidine rings is 1. The van der Waals surface area contributed by atoms with Crippen molar-refractivity contribution in [3.8, 4) is 0 Å². The van der Waals surface area contributed by atoms with Gasteiger partial charge in [-0.3, -0.25) is 4.90 Å². The molecule has 1 N–H and O–H groups in total. The highest BCUT2D eigenvalue weighted by molar-refractivity contribution is 4.86. The molecule has 2 unspecified atom stereocenters. The fraction of sp³-hybridized carbons (Fsp3) is 1.00. The maximum Gasteiger partial charge on any atom is 0.0247 e. The van der Waals surface area contributed by atoms with E-state index in [1.165, 1.54) is 58.2 Å². The maximum absolute atomic E-state index is 3.61. The van der Waals surface area contributed by atoms with Crippen molar-refractivity contribution >= 4 is 0 Å². The highest BCUT2D eigenvalue weighted by atomic mass is 15.2. The van der Waals surface area contributed by atoms with Crippen LogP contribution in [0.15, 0.2) is 0 Å². The Labute approximate surface area is 88.1 Å². The van der Waals surface area contributed by atoms with E-state index in [0.29, 0.717) is 6.04 Å². The minimum Gasteiger partial charge on any atom is -0.313 e. The SMILES string of the molecule is CC1NCCCC1N1CCCCCC1. The Hall–Kier alpha value is -0.0800. The number of hydrogen-bond acceptors (Lipinski definition) is 2. The van der Waals surface area contributed by atoms with E-state index < -0.39 is 0 Å². The molecule has 2 saturated heterocycles. The zero-order valence-electron chi connectivity index (χ0n) is 9.47. The van der Waals surface area contributed by atoms with Gasteiger partial charge in [0.05, 0.1) is 0 Å². The summed E-state index contributed by atoms with van der Waals surface area (Å²) in [5, 5.41) is 3.61. The van der Waals surface area contributed by atoms with Crippen LogP contribution in [0.3, 0.4) is 0 Å². The highest BCUT2D eigenvalue weighted by Crippen LogP contribution is 2.19. The van der Waals surface area contributed by atoms with Crippen LogP contribution in [-0.2, 0) is 0 Å². The molecule has 0 aromatic carbocycles. The zero-order chi connectivity index (χ0) is 9.80. The van der Waals surface area contributed by atoms with E-state index in [1.807, 2.05) is 0 Å². The lowest BCUT2D eigenvalue weighted by Crippen LogP contribution is -2.52. The maximum atomic E-state index is 3.61. The van der Waals surface area contributed by atoms with Gasteiger partial charge in [-0.15, -0.1) is 0 Å². The normalized spacial score (nSPS) is 36.6. The minimum atomic E-state index is 0.710. The lowest BCUT2D eigenvalue weighted by Gasteiger charge is -2.38. The largest absolute Gasteiger partial charge is 0.313 e. The second kappa shape index (κ2) is 5.13. The molecule has 0 spiro atoms. The van der Waals surface area contributed by atoms with Crippen molar-refractivity contribution in [3.05, 3.63) is 0 Å². The summed E-state index contributed by atoms with van der Waals surface area (Å²) in [6.45, 7) is 6.27. The number of nitrogens with zero attached hydrogens (tertiary/aromatic N) is 1. The molecule has 0 aromatic heterocycles. The van der Waals surface area contributed by atoms with E-state index >= 15 is 0 Å². The van der Waals surface area contributed by atoms with Crippen LogP contribution >= 0.6 is 0 Å². The van der Waals surface area contributed by atoms with Gasteiger partial charge >= 0.3 is 0 Å². The summed E-state index contributed by atoms with van der Waals surface area (Å²) in [7, 11) is 0. The molecule has 2 aliphatic heterocycles. The summed E-state index contributed by atoms with van der Waals surface area (Å²) < 4.78 is 0. The standard InChI is InChI=1S/C12H24N2/c1-11-12(7-6-8-13-11)14-9-4-2-3-5-10-14/h11-13H,2-10H2,1H3. The van der Waals surface area contributed by atoms with E-state index in [9.17, 15) is 0 Å². The van der Waals surface area contributed by atoms with Gasteiger partial charge in [-0.1, -0.05) is 12.8 Å². The average Bonchev–Trinajstić information content (AvgIpc) is 2.47. The highest BCUT2D eigenvalue weighted by Gasteiger charge is 2.26. The van der Waals surface area contributed by atoms with Gasteiger partial charge in [-0.25, -0.2) is 0 Å². The van der Waals surface area contributed by atoms with E-state index in [0.717, 1.165) is 6.04 Å². The van der Waals surface area contributed by atoms with Crippen LogP contribution in [0.5, 0.6) is 0 Å². The lowest BCUT2D eigenvalue weighted by atomic mass is 9.98. The van der Waals surface area contributed by atoms with Crippen molar-refractivity contribution < 1.29 is 0 Å². The van der Waals surface area contributed by atoms with E-state index in [4.69, 9.17) is 0 Å². The zero-order valence-corrected chi connectivity index (χ0v) is 9.47. The minimum absolute atomic E-state index is 0.710. The fourth-order valence-corrected chi connectivity index (χ4v) is 2.95. The summed E-state index contributed by atoms with van der Waals surface area (Å²) in [5.41, 5.74) is 0. The Kier molecular flexibility index (Phi) is 3.82. The van der Waals surface area contributed by atoms with Crippen LogP contribution in [0.1, 0.15) is 45.4 Å².